The van der Waals surface area contributed by atoms with Crippen molar-refractivity contribution < 1.29 is 9.13 Å². The van der Waals surface area contributed by atoms with Crippen LogP contribution in [0.1, 0.15) is 18.8 Å². The Balaban J connectivity index is 2.17. The molecule has 1 atom stereocenters. The van der Waals surface area contributed by atoms with E-state index in [2.05, 4.69) is 20.8 Å². The molecule has 0 saturated carbocycles. The van der Waals surface area contributed by atoms with Gasteiger partial charge in [0.05, 0.1) is 18.3 Å². The average Bonchev–Trinajstić information content (AvgIpc) is 2.88. The first-order valence-electron chi connectivity index (χ1n) is 5.99. The third-order valence-corrected chi connectivity index (χ3v) is 2.69. The Bertz CT molecular complexity index is 530. The quantitative estimate of drug-likeness (QED) is 0.792. The van der Waals surface area contributed by atoms with Crippen LogP contribution < -0.4 is 5.32 Å². The normalized spacial score (nSPS) is 12.6. The van der Waals surface area contributed by atoms with Crippen molar-refractivity contribution in [2.24, 2.45) is 0 Å². The van der Waals surface area contributed by atoms with Gasteiger partial charge in [-0.1, -0.05) is 6.07 Å². The molecular weight excluding hydrogens is 249 g/mol. The number of ether oxygens (including phenoxy) is 1. The SMILES string of the molecule is COCCNC(C)c1nnnn1-c1cccc(F)c1. The lowest BCUT2D eigenvalue weighted by atomic mass is 10.2. The Kier molecular flexibility index (Phi) is 4.53. The molecule has 19 heavy (non-hydrogen) atoms. The van der Waals surface area contributed by atoms with Crippen LogP contribution in [-0.2, 0) is 4.74 Å². The van der Waals surface area contributed by atoms with Gasteiger partial charge in [0.2, 0.25) is 0 Å². The summed E-state index contributed by atoms with van der Waals surface area (Å²) in [5, 5.41) is 14.7. The molecule has 0 spiro atoms. The summed E-state index contributed by atoms with van der Waals surface area (Å²) in [6, 6.07) is 6.09. The third-order valence-electron chi connectivity index (χ3n) is 2.69. The van der Waals surface area contributed by atoms with Gasteiger partial charge in [0.25, 0.3) is 0 Å². The van der Waals surface area contributed by atoms with Crippen molar-refractivity contribution in [3.63, 3.8) is 0 Å². The van der Waals surface area contributed by atoms with E-state index in [4.69, 9.17) is 4.74 Å². The fourth-order valence-electron chi connectivity index (χ4n) is 1.72. The number of aromatic nitrogens is 4. The molecule has 7 heteroatoms. The van der Waals surface area contributed by atoms with Gasteiger partial charge >= 0.3 is 0 Å². The zero-order valence-corrected chi connectivity index (χ0v) is 10.9. The molecule has 2 rings (SSSR count). The summed E-state index contributed by atoms with van der Waals surface area (Å²) < 4.78 is 19.7. The van der Waals surface area contributed by atoms with Crippen molar-refractivity contribution in [3.8, 4) is 5.69 Å². The summed E-state index contributed by atoms with van der Waals surface area (Å²) >= 11 is 0. The van der Waals surface area contributed by atoms with Crippen LogP contribution in [-0.4, -0.2) is 40.5 Å². The Morgan fingerprint density at radius 2 is 2.32 bits per heavy atom. The van der Waals surface area contributed by atoms with Gasteiger partial charge in [-0.3, -0.25) is 0 Å². The Morgan fingerprint density at radius 3 is 3.05 bits per heavy atom. The van der Waals surface area contributed by atoms with Gasteiger partial charge in [-0.25, -0.2) is 4.39 Å². The number of tetrazole rings is 1. The Labute approximate surface area is 110 Å². The highest BCUT2D eigenvalue weighted by Crippen LogP contribution is 2.14. The van der Waals surface area contributed by atoms with E-state index in [9.17, 15) is 4.39 Å². The number of nitrogens with zero attached hydrogens (tertiary/aromatic N) is 4. The number of rotatable bonds is 6. The van der Waals surface area contributed by atoms with Crippen LogP contribution in [0.4, 0.5) is 4.39 Å². The molecule has 0 saturated heterocycles. The molecule has 6 nitrogen and oxygen atoms in total. The zero-order valence-electron chi connectivity index (χ0n) is 10.9. The van der Waals surface area contributed by atoms with Crippen LogP contribution in [0.5, 0.6) is 0 Å². The number of hydrogen-bond acceptors (Lipinski definition) is 5. The van der Waals surface area contributed by atoms with Gasteiger partial charge in [-0.2, -0.15) is 4.68 Å². The highest BCUT2D eigenvalue weighted by atomic mass is 19.1. The van der Waals surface area contributed by atoms with E-state index in [-0.39, 0.29) is 11.9 Å². The Morgan fingerprint density at radius 1 is 1.47 bits per heavy atom. The van der Waals surface area contributed by atoms with Gasteiger partial charge in [-0.15, -0.1) is 5.10 Å². The molecule has 0 aliphatic heterocycles. The van der Waals surface area contributed by atoms with Crippen molar-refractivity contribution in [2.45, 2.75) is 13.0 Å². The van der Waals surface area contributed by atoms with Gasteiger partial charge in [0.15, 0.2) is 5.82 Å². The first-order valence-corrected chi connectivity index (χ1v) is 5.99. The maximum atomic E-state index is 13.2. The highest BCUT2D eigenvalue weighted by Gasteiger charge is 2.15. The van der Waals surface area contributed by atoms with Crippen LogP contribution >= 0.6 is 0 Å². The van der Waals surface area contributed by atoms with Crippen molar-refractivity contribution in [1.29, 1.82) is 0 Å². The lowest BCUT2D eigenvalue weighted by Gasteiger charge is -2.13. The van der Waals surface area contributed by atoms with Crippen LogP contribution in [0.2, 0.25) is 0 Å². The summed E-state index contributed by atoms with van der Waals surface area (Å²) in [7, 11) is 1.64. The molecule has 102 valence electrons. The van der Waals surface area contributed by atoms with Crippen molar-refractivity contribution in [3.05, 3.63) is 35.9 Å². The second-order valence-corrected chi connectivity index (χ2v) is 4.10. The molecule has 2 aromatic rings. The van der Waals surface area contributed by atoms with Crippen LogP contribution in [0, 0.1) is 5.82 Å². The van der Waals surface area contributed by atoms with Gasteiger partial charge < -0.3 is 10.1 Å². The minimum Gasteiger partial charge on any atom is -0.383 e. The predicted octanol–water partition coefficient (Wildman–Crippen LogP) is 1.10. The molecular formula is C12H16FN5O. The molecule has 1 aromatic heterocycles. The third kappa shape index (κ3) is 3.33. The topological polar surface area (TPSA) is 64.9 Å². The van der Waals surface area contributed by atoms with E-state index in [0.29, 0.717) is 24.7 Å². The second-order valence-electron chi connectivity index (χ2n) is 4.10. The van der Waals surface area contributed by atoms with E-state index in [1.54, 1.807) is 19.2 Å². The highest BCUT2D eigenvalue weighted by molar-refractivity contribution is 5.31. The minimum absolute atomic E-state index is 0.0617. The first-order chi connectivity index (χ1) is 9.22. The van der Waals surface area contributed by atoms with Crippen molar-refractivity contribution in [2.75, 3.05) is 20.3 Å². The van der Waals surface area contributed by atoms with E-state index in [1.807, 2.05) is 6.92 Å². The molecule has 1 aromatic carbocycles. The maximum absolute atomic E-state index is 13.2. The Hall–Kier alpha value is -1.86. The summed E-state index contributed by atoms with van der Waals surface area (Å²) in [5.41, 5.74) is 0.598. The standard InChI is InChI=1S/C12H16FN5O/c1-9(14-6-7-19-2)12-15-16-17-18(12)11-5-3-4-10(13)8-11/h3-5,8-9,14H,6-7H2,1-2H3. The van der Waals surface area contributed by atoms with E-state index >= 15 is 0 Å². The van der Waals surface area contributed by atoms with Crippen LogP contribution in [0.3, 0.4) is 0 Å². The van der Waals surface area contributed by atoms with Gasteiger partial charge in [0.1, 0.15) is 5.82 Å². The number of hydrogen-bond donors (Lipinski definition) is 1. The lowest BCUT2D eigenvalue weighted by Crippen LogP contribution is -2.25. The molecule has 0 aliphatic carbocycles. The van der Waals surface area contributed by atoms with Gasteiger partial charge in [0, 0.05) is 13.7 Å². The number of benzene rings is 1. The van der Waals surface area contributed by atoms with Crippen molar-refractivity contribution >= 4 is 0 Å². The molecule has 0 fully saturated rings. The van der Waals surface area contributed by atoms with Crippen molar-refractivity contribution in [1.82, 2.24) is 25.5 Å². The molecule has 1 unspecified atom stereocenters. The van der Waals surface area contributed by atoms with Crippen LogP contribution in [0.25, 0.3) is 5.69 Å². The number of methoxy groups -OCH3 is 1. The fraction of sp³-hybridized carbons (Fsp3) is 0.417. The number of halogens is 1. The predicted molar refractivity (Wildman–Crippen MR) is 67.4 cm³/mol. The smallest absolute Gasteiger partial charge is 0.173 e. The summed E-state index contributed by atoms with van der Waals surface area (Å²) in [4.78, 5) is 0. The lowest BCUT2D eigenvalue weighted by molar-refractivity contribution is 0.196. The monoisotopic (exact) mass is 265 g/mol. The molecule has 0 radical (unpaired) electrons. The molecule has 0 amide bonds. The zero-order chi connectivity index (χ0) is 13.7. The maximum Gasteiger partial charge on any atom is 0.173 e. The fourth-order valence-corrected chi connectivity index (χ4v) is 1.72. The summed E-state index contributed by atoms with van der Waals surface area (Å²) in [5.74, 6) is 0.306. The molecule has 1 N–H and O–H groups in total. The molecule has 1 heterocycles. The summed E-state index contributed by atoms with van der Waals surface area (Å²) in [6.07, 6.45) is 0. The van der Waals surface area contributed by atoms with E-state index in [1.165, 1.54) is 16.8 Å². The summed E-state index contributed by atoms with van der Waals surface area (Å²) in [6.45, 7) is 3.23. The minimum atomic E-state index is -0.320. The number of nitrogens with one attached hydrogen (secondary N) is 1. The first kappa shape index (κ1) is 13.6. The van der Waals surface area contributed by atoms with E-state index < -0.39 is 0 Å². The van der Waals surface area contributed by atoms with E-state index in [0.717, 1.165) is 0 Å². The average molecular weight is 265 g/mol. The second kappa shape index (κ2) is 6.35. The molecule has 0 aliphatic rings. The van der Waals surface area contributed by atoms with Gasteiger partial charge in [-0.05, 0) is 35.5 Å². The van der Waals surface area contributed by atoms with Crippen LogP contribution in [0.15, 0.2) is 24.3 Å². The largest absolute Gasteiger partial charge is 0.383 e. The molecule has 0 bridgehead atoms.